The predicted molar refractivity (Wildman–Crippen MR) is 80.0 cm³/mol. The zero-order chi connectivity index (χ0) is 16.1. The smallest absolute Gasteiger partial charge is 0.335 e. The van der Waals surface area contributed by atoms with Gasteiger partial charge in [-0.25, -0.2) is 4.79 Å². The Morgan fingerprint density at radius 1 is 1.32 bits per heavy atom. The molecule has 2 rings (SSSR count). The van der Waals surface area contributed by atoms with Crippen LogP contribution in [0.3, 0.4) is 0 Å². The maximum atomic E-state index is 11.9. The van der Waals surface area contributed by atoms with E-state index >= 15 is 0 Å². The van der Waals surface area contributed by atoms with Gasteiger partial charge in [0.25, 0.3) is 5.91 Å². The maximum absolute atomic E-state index is 11.9. The molecule has 0 aliphatic heterocycles. The first-order chi connectivity index (χ1) is 10.5. The standard InChI is InChI=1S/C16H18N2O4/c1-10(2)13-9-14(22-18-13)15(19)17-7-6-11-4-3-5-12(8-11)16(20)21/h3-5,8-10H,6-7H2,1-2H3,(H,17,19)(H,20,21). The number of carboxylic acids is 1. The second-order valence-electron chi connectivity index (χ2n) is 5.28. The van der Waals surface area contributed by atoms with Crippen molar-refractivity contribution in [1.82, 2.24) is 10.5 Å². The summed E-state index contributed by atoms with van der Waals surface area (Å²) in [5.74, 6) is -0.908. The lowest BCUT2D eigenvalue weighted by molar-refractivity contribution is 0.0696. The summed E-state index contributed by atoms with van der Waals surface area (Å²) in [6.07, 6.45) is 0.540. The Morgan fingerprint density at radius 2 is 2.09 bits per heavy atom. The zero-order valence-electron chi connectivity index (χ0n) is 12.5. The fraction of sp³-hybridized carbons (Fsp3) is 0.312. The van der Waals surface area contributed by atoms with Crippen molar-refractivity contribution in [2.75, 3.05) is 6.54 Å². The highest BCUT2D eigenvalue weighted by atomic mass is 16.5. The summed E-state index contributed by atoms with van der Waals surface area (Å²) in [5, 5.41) is 15.5. The van der Waals surface area contributed by atoms with Crippen LogP contribution in [0.15, 0.2) is 34.9 Å². The van der Waals surface area contributed by atoms with Gasteiger partial charge >= 0.3 is 5.97 Å². The highest BCUT2D eigenvalue weighted by molar-refractivity contribution is 5.91. The SMILES string of the molecule is CC(C)c1cc(C(=O)NCCc2cccc(C(=O)O)c2)on1. The first kappa shape index (κ1) is 15.8. The van der Waals surface area contributed by atoms with Gasteiger partial charge in [-0.3, -0.25) is 4.79 Å². The number of rotatable bonds is 6. The number of hydrogen-bond acceptors (Lipinski definition) is 4. The van der Waals surface area contributed by atoms with E-state index < -0.39 is 5.97 Å². The van der Waals surface area contributed by atoms with Crippen LogP contribution >= 0.6 is 0 Å². The van der Waals surface area contributed by atoms with Crippen molar-refractivity contribution < 1.29 is 19.2 Å². The van der Waals surface area contributed by atoms with Crippen molar-refractivity contribution in [2.45, 2.75) is 26.2 Å². The molecule has 0 saturated heterocycles. The predicted octanol–water partition coefficient (Wildman–Crippen LogP) is 2.47. The average molecular weight is 302 g/mol. The van der Waals surface area contributed by atoms with Crippen molar-refractivity contribution in [2.24, 2.45) is 0 Å². The number of hydrogen-bond donors (Lipinski definition) is 2. The van der Waals surface area contributed by atoms with E-state index in [0.717, 1.165) is 11.3 Å². The molecule has 1 aromatic heterocycles. The van der Waals surface area contributed by atoms with E-state index in [-0.39, 0.29) is 23.1 Å². The van der Waals surface area contributed by atoms with Gasteiger partial charge in [0.15, 0.2) is 0 Å². The van der Waals surface area contributed by atoms with Gasteiger partial charge in [0.2, 0.25) is 5.76 Å². The minimum absolute atomic E-state index is 0.183. The normalized spacial score (nSPS) is 10.7. The topological polar surface area (TPSA) is 92.4 Å². The highest BCUT2D eigenvalue weighted by Gasteiger charge is 2.14. The van der Waals surface area contributed by atoms with E-state index in [2.05, 4.69) is 10.5 Å². The summed E-state index contributed by atoms with van der Waals surface area (Å²) in [6.45, 7) is 4.32. The quantitative estimate of drug-likeness (QED) is 0.855. The van der Waals surface area contributed by atoms with E-state index in [1.807, 2.05) is 19.9 Å². The van der Waals surface area contributed by atoms with Gasteiger partial charge in [-0.15, -0.1) is 0 Å². The number of nitrogens with zero attached hydrogens (tertiary/aromatic N) is 1. The van der Waals surface area contributed by atoms with Gasteiger partial charge in [-0.2, -0.15) is 0 Å². The van der Waals surface area contributed by atoms with Gasteiger partial charge < -0.3 is 14.9 Å². The summed E-state index contributed by atoms with van der Waals surface area (Å²) < 4.78 is 5.00. The van der Waals surface area contributed by atoms with Crippen LogP contribution in [0.25, 0.3) is 0 Å². The van der Waals surface area contributed by atoms with Crippen molar-refractivity contribution >= 4 is 11.9 Å². The lowest BCUT2D eigenvalue weighted by Crippen LogP contribution is -2.25. The number of amides is 1. The molecule has 6 heteroatoms. The third-order valence-electron chi connectivity index (χ3n) is 3.22. The van der Waals surface area contributed by atoms with E-state index in [0.29, 0.717) is 13.0 Å². The van der Waals surface area contributed by atoms with Gasteiger partial charge in [0.1, 0.15) is 0 Å². The van der Waals surface area contributed by atoms with Crippen LogP contribution in [0.5, 0.6) is 0 Å². The molecule has 0 unspecified atom stereocenters. The fourth-order valence-electron chi connectivity index (χ4n) is 1.94. The molecule has 0 spiro atoms. The Hall–Kier alpha value is -2.63. The molecule has 1 heterocycles. The number of carbonyl (C=O) groups excluding carboxylic acids is 1. The van der Waals surface area contributed by atoms with Crippen molar-refractivity contribution in [3.05, 3.63) is 52.9 Å². The first-order valence-corrected chi connectivity index (χ1v) is 7.04. The van der Waals surface area contributed by atoms with Crippen LogP contribution in [0.2, 0.25) is 0 Å². The molecule has 2 N–H and O–H groups in total. The van der Waals surface area contributed by atoms with Crippen LogP contribution in [-0.2, 0) is 6.42 Å². The molecular weight excluding hydrogens is 284 g/mol. The Bertz CT molecular complexity index is 676. The Balaban J connectivity index is 1.89. The van der Waals surface area contributed by atoms with E-state index in [1.165, 1.54) is 6.07 Å². The van der Waals surface area contributed by atoms with Crippen LogP contribution in [0.1, 0.15) is 51.9 Å². The Labute approximate surface area is 128 Å². The molecule has 0 aliphatic carbocycles. The molecule has 1 amide bonds. The van der Waals surface area contributed by atoms with Crippen molar-refractivity contribution in [3.8, 4) is 0 Å². The molecule has 0 saturated carbocycles. The second-order valence-corrected chi connectivity index (χ2v) is 5.28. The third-order valence-corrected chi connectivity index (χ3v) is 3.22. The van der Waals surface area contributed by atoms with Crippen molar-refractivity contribution in [3.63, 3.8) is 0 Å². The number of benzene rings is 1. The van der Waals surface area contributed by atoms with E-state index in [4.69, 9.17) is 9.63 Å². The summed E-state index contributed by atoms with van der Waals surface area (Å²) in [5.41, 5.74) is 1.82. The molecule has 0 fully saturated rings. The van der Waals surface area contributed by atoms with Gasteiger partial charge in [0.05, 0.1) is 11.3 Å². The number of carboxylic acid groups (broad SMARTS) is 1. The number of aromatic carboxylic acids is 1. The lowest BCUT2D eigenvalue weighted by Gasteiger charge is -2.04. The second kappa shape index (κ2) is 6.89. The summed E-state index contributed by atoms with van der Waals surface area (Å²) >= 11 is 0. The number of aromatic nitrogens is 1. The van der Waals surface area contributed by atoms with Crippen LogP contribution in [-0.4, -0.2) is 28.7 Å². The largest absolute Gasteiger partial charge is 0.478 e. The summed E-state index contributed by atoms with van der Waals surface area (Å²) in [6, 6.07) is 8.27. The zero-order valence-corrected chi connectivity index (χ0v) is 12.5. The van der Waals surface area contributed by atoms with Gasteiger partial charge in [-0.05, 0) is 30.0 Å². The van der Waals surface area contributed by atoms with Crippen LogP contribution < -0.4 is 5.32 Å². The lowest BCUT2D eigenvalue weighted by atomic mass is 10.1. The fourth-order valence-corrected chi connectivity index (χ4v) is 1.94. The molecule has 0 radical (unpaired) electrons. The minimum Gasteiger partial charge on any atom is -0.478 e. The Kier molecular flexibility index (Phi) is 4.93. The molecule has 116 valence electrons. The molecular formula is C16H18N2O4. The van der Waals surface area contributed by atoms with Gasteiger partial charge in [0, 0.05) is 12.6 Å². The summed E-state index contributed by atoms with van der Waals surface area (Å²) in [7, 11) is 0. The highest BCUT2D eigenvalue weighted by Crippen LogP contribution is 2.13. The Morgan fingerprint density at radius 3 is 2.73 bits per heavy atom. The molecule has 0 atom stereocenters. The van der Waals surface area contributed by atoms with Crippen molar-refractivity contribution in [1.29, 1.82) is 0 Å². The molecule has 2 aromatic rings. The number of nitrogens with one attached hydrogen (secondary N) is 1. The number of carbonyl (C=O) groups is 2. The first-order valence-electron chi connectivity index (χ1n) is 7.04. The van der Waals surface area contributed by atoms with Gasteiger partial charge in [-0.1, -0.05) is 31.1 Å². The molecule has 22 heavy (non-hydrogen) atoms. The molecule has 1 aromatic carbocycles. The van der Waals surface area contributed by atoms with E-state index in [1.54, 1.807) is 18.2 Å². The molecule has 0 aliphatic rings. The van der Waals surface area contributed by atoms with E-state index in [9.17, 15) is 9.59 Å². The monoisotopic (exact) mass is 302 g/mol. The minimum atomic E-state index is -0.964. The van der Waals surface area contributed by atoms with Crippen LogP contribution in [0, 0.1) is 0 Å². The molecule has 6 nitrogen and oxygen atoms in total. The summed E-state index contributed by atoms with van der Waals surface area (Å²) in [4.78, 5) is 22.8. The van der Waals surface area contributed by atoms with Crippen LogP contribution in [0.4, 0.5) is 0 Å². The maximum Gasteiger partial charge on any atom is 0.335 e. The third kappa shape index (κ3) is 3.94. The average Bonchev–Trinajstić information content (AvgIpc) is 2.97. The molecule has 0 bridgehead atoms.